The quantitative estimate of drug-likeness (QED) is 0.568. The van der Waals surface area contributed by atoms with Crippen LogP contribution in [0.1, 0.15) is 5.56 Å². The standard InChI is InChI=1S/C22H18F5N5O/c23-15-3-1-14(2-4-15)19-7-8-20(30-29-19)31-9-11-32(12-10-31)21(33)28-16-5-6-18(24)17(13-16)22(25,26)27/h1-8,13H,9-12H2,(H,28,33). The predicted octanol–water partition coefficient (Wildman–Crippen LogP) is 4.79. The van der Waals surface area contributed by atoms with Crippen molar-refractivity contribution in [2.24, 2.45) is 0 Å². The van der Waals surface area contributed by atoms with Gasteiger partial charge in [-0.2, -0.15) is 13.2 Å². The lowest BCUT2D eigenvalue weighted by Gasteiger charge is -2.35. The number of piperazine rings is 1. The van der Waals surface area contributed by atoms with Crippen LogP contribution in [0.3, 0.4) is 0 Å². The molecule has 1 N–H and O–H groups in total. The van der Waals surface area contributed by atoms with Gasteiger partial charge in [-0.25, -0.2) is 13.6 Å². The van der Waals surface area contributed by atoms with E-state index in [0.29, 0.717) is 49.8 Å². The molecule has 2 amide bonds. The number of benzene rings is 2. The molecule has 172 valence electrons. The van der Waals surface area contributed by atoms with Gasteiger partial charge in [0.15, 0.2) is 5.82 Å². The first-order valence-electron chi connectivity index (χ1n) is 9.98. The average Bonchev–Trinajstić information content (AvgIpc) is 2.80. The Balaban J connectivity index is 1.35. The Bertz CT molecular complexity index is 1130. The van der Waals surface area contributed by atoms with Crippen LogP contribution in [0.25, 0.3) is 11.3 Å². The van der Waals surface area contributed by atoms with E-state index in [-0.39, 0.29) is 11.5 Å². The number of carbonyl (C=O) groups is 1. The zero-order chi connectivity index (χ0) is 23.6. The van der Waals surface area contributed by atoms with E-state index >= 15 is 0 Å². The molecular weight excluding hydrogens is 445 g/mol. The number of anilines is 2. The van der Waals surface area contributed by atoms with Crippen molar-refractivity contribution in [3.8, 4) is 11.3 Å². The second-order valence-corrected chi connectivity index (χ2v) is 7.38. The lowest BCUT2D eigenvalue weighted by atomic mass is 10.1. The van der Waals surface area contributed by atoms with Crippen molar-refractivity contribution >= 4 is 17.5 Å². The summed E-state index contributed by atoms with van der Waals surface area (Å²) in [6.45, 7) is 1.49. The molecule has 6 nitrogen and oxygen atoms in total. The summed E-state index contributed by atoms with van der Waals surface area (Å²) in [4.78, 5) is 15.8. The minimum atomic E-state index is -4.86. The third-order valence-corrected chi connectivity index (χ3v) is 5.20. The summed E-state index contributed by atoms with van der Waals surface area (Å²) >= 11 is 0. The zero-order valence-electron chi connectivity index (χ0n) is 17.1. The maximum Gasteiger partial charge on any atom is 0.419 e. The predicted molar refractivity (Wildman–Crippen MR) is 112 cm³/mol. The van der Waals surface area contributed by atoms with Crippen molar-refractivity contribution in [1.82, 2.24) is 15.1 Å². The van der Waals surface area contributed by atoms with Crippen LogP contribution in [-0.4, -0.2) is 47.3 Å². The molecule has 2 aromatic carbocycles. The van der Waals surface area contributed by atoms with Crippen molar-refractivity contribution in [2.45, 2.75) is 6.18 Å². The van der Waals surface area contributed by atoms with Gasteiger partial charge in [-0.3, -0.25) is 0 Å². The van der Waals surface area contributed by atoms with Crippen LogP contribution in [-0.2, 0) is 6.18 Å². The van der Waals surface area contributed by atoms with Crippen LogP contribution in [0.15, 0.2) is 54.6 Å². The summed E-state index contributed by atoms with van der Waals surface area (Å²) in [6.07, 6.45) is -4.86. The molecule has 33 heavy (non-hydrogen) atoms. The van der Waals surface area contributed by atoms with Gasteiger partial charge in [0.25, 0.3) is 0 Å². The van der Waals surface area contributed by atoms with Gasteiger partial charge >= 0.3 is 12.2 Å². The molecule has 1 aliphatic rings. The summed E-state index contributed by atoms with van der Waals surface area (Å²) in [5.41, 5.74) is -0.258. The SMILES string of the molecule is O=C(Nc1ccc(F)c(C(F)(F)F)c1)N1CCN(c2ccc(-c3ccc(F)cc3)nn2)CC1. The molecule has 0 spiro atoms. The molecule has 0 atom stereocenters. The van der Waals surface area contributed by atoms with Crippen molar-refractivity contribution in [2.75, 3.05) is 36.4 Å². The highest BCUT2D eigenvalue weighted by atomic mass is 19.4. The van der Waals surface area contributed by atoms with Crippen LogP contribution in [0, 0.1) is 11.6 Å². The van der Waals surface area contributed by atoms with Crippen molar-refractivity contribution in [1.29, 1.82) is 0 Å². The summed E-state index contributed by atoms with van der Waals surface area (Å²) < 4.78 is 65.1. The maximum atomic E-state index is 13.4. The Hall–Kier alpha value is -3.76. The number of alkyl halides is 3. The number of hydrogen-bond acceptors (Lipinski definition) is 4. The fourth-order valence-corrected chi connectivity index (χ4v) is 3.43. The van der Waals surface area contributed by atoms with E-state index in [2.05, 4.69) is 15.5 Å². The molecule has 1 aliphatic heterocycles. The number of nitrogens with one attached hydrogen (secondary N) is 1. The normalized spacial score (nSPS) is 14.3. The lowest BCUT2D eigenvalue weighted by molar-refractivity contribution is -0.139. The van der Waals surface area contributed by atoms with Crippen molar-refractivity contribution in [3.63, 3.8) is 0 Å². The van der Waals surface area contributed by atoms with E-state index in [1.807, 2.05) is 4.90 Å². The van der Waals surface area contributed by atoms with Crippen LogP contribution in [0.2, 0.25) is 0 Å². The molecule has 0 aliphatic carbocycles. The summed E-state index contributed by atoms with van der Waals surface area (Å²) in [5.74, 6) is -1.14. The molecule has 0 unspecified atom stereocenters. The molecule has 0 bridgehead atoms. The van der Waals surface area contributed by atoms with E-state index in [1.54, 1.807) is 24.3 Å². The first-order valence-corrected chi connectivity index (χ1v) is 9.98. The van der Waals surface area contributed by atoms with Crippen molar-refractivity contribution < 1.29 is 26.7 Å². The Morgan fingerprint density at radius 1 is 0.879 bits per heavy atom. The van der Waals surface area contributed by atoms with E-state index in [0.717, 1.165) is 11.6 Å². The first-order chi connectivity index (χ1) is 15.7. The third kappa shape index (κ3) is 5.18. The molecule has 1 saturated heterocycles. The number of rotatable bonds is 3. The van der Waals surface area contributed by atoms with Gasteiger partial charge in [0.2, 0.25) is 0 Å². The van der Waals surface area contributed by atoms with E-state index in [9.17, 15) is 26.7 Å². The van der Waals surface area contributed by atoms with Gasteiger partial charge < -0.3 is 15.1 Å². The average molecular weight is 463 g/mol. The molecule has 0 radical (unpaired) electrons. The Morgan fingerprint density at radius 3 is 2.18 bits per heavy atom. The molecule has 11 heteroatoms. The van der Waals surface area contributed by atoms with Crippen LogP contribution >= 0.6 is 0 Å². The Morgan fingerprint density at radius 2 is 1.58 bits per heavy atom. The van der Waals surface area contributed by atoms with Crippen LogP contribution < -0.4 is 10.2 Å². The topological polar surface area (TPSA) is 61.4 Å². The molecule has 3 aromatic rings. The molecule has 4 rings (SSSR count). The van der Waals surface area contributed by atoms with Gasteiger partial charge in [-0.15, -0.1) is 10.2 Å². The number of carbonyl (C=O) groups excluding carboxylic acids is 1. The molecule has 1 aromatic heterocycles. The Kier molecular flexibility index (Phi) is 6.12. The summed E-state index contributed by atoms with van der Waals surface area (Å²) in [7, 11) is 0. The minimum Gasteiger partial charge on any atom is -0.352 e. The number of amides is 2. The fraction of sp³-hybridized carbons (Fsp3) is 0.227. The van der Waals surface area contributed by atoms with E-state index < -0.39 is 23.6 Å². The highest BCUT2D eigenvalue weighted by Gasteiger charge is 2.34. The number of urea groups is 1. The summed E-state index contributed by atoms with van der Waals surface area (Å²) in [5, 5.41) is 10.8. The highest BCUT2D eigenvalue weighted by Crippen LogP contribution is 2.33. The fourth-order valence-electron chi connectivity index (χ4n) is 3.43. The molecular formula is C22H18F5N5O. The Labute approximate surface area is 185 Å². The van der Waals surface area contributed by atoms with Gasteiger partial charge in [0, 0.05) is 37.4 Å². The number of hydrogen-bond donors (Lipinski definition) is 1. The van der Waals surface area contributed by atoms with Gasteiger partial charge in [-0.1, -0.05) is 0 Å². The van der Waals surface area contributed by atoms with Crippen LogP contribution in [0.5, 0.6) is 0 Å². The second-order valence-electron chi connectivity index (χ2n) is 7.38. The number of halogens is 5. The van der Waals surface area contributed by atoms with Gasteiger partial charge in [-0.05, 0) is 54.6 Å². The second kappa shape index (κ2) is 9.00. The molecule has 0 saturated carbocycles. The van der Waals surface area contributed by atoms with Gasteiger partial charge in [0.1, 0.15) is 11.6 Å². The first kappa shape index (κ1) is 22.4. The lowest BCUT2D eigenvalue weighted by Crippen LogP contribution is -2.50. The maximum absolute atomic E-state index is 13.4. The van der Waals surface area contributed by atoms with Gasteiger partial charge in [0.05, 0.1) is 11.3 Å². The minimum absolute atomic E-state index is 0.140. The largest absolute Gasteiger partial charge is 0.419 e. The monoisotopic (exact) mass is 463 g/mol. The molecule has 2 heterocycles. The van der Waals surface area contributed by atoms with Crippen molar-refractivity contribution in [3.05, 3.63) is 71.8 Å². The highest BCUT2D eigenvalue weighted by molar-refractivity contribution is 5.89. The molecule has 1 fully saturated rings. The van der Waals surface area contributed by atoms with Crippen LogP contribution in [0.4, 0.5) is 38.3 Å². The van der Waals surface area contributed by atoms with E-state index in [4.69, 9.17) is 0 Å². The van der Waals surface area contributed by atoms with E-state index in [1.165, 1.54) is 17.0 Å². The smallest absolute Gasteiger partial charge is 0.352 e. The third-order valence-electron chi connectivity index (χ3n) is 5.20. The summed E-state index contributed by atoms with van der Waals surface area (Å²) in [6, 6.07) is 11.2. The number of nitrogens with zero attached hydrogens (tertiary/aromatic N) is 4. The number of aromatic nitrogens is 2. The zero-order valence-corrected chi connectivity index (χ0v) is 17.1.